The summed E-state index contributed by atoms with van der Waals surface area (Å²) in [5.74, 6) is -0.0868. The van der Waals surface area contributed by atoms with Crippen molar-refractivity contribution in [2.45, 2.75) is 57.9 Å². The minimum Gasteiger partial charge on any atom is -0.333 e. The van der Waals surface area contributed by atoms with Gasteiger partial charge in [-0.3, -0.25) is 4.79 Å². The first-order chi connectivity index (χ1) is 9.10. The van der Waals surface area contributed by atoms with Gasteiger partial charge in [-0.25, -0.2) is 0 Å². The van der Waals surface area contributed by atoms with Crippen LogP contribution in [0.2, 0.25) is 0 Å². The molecule has 0 bridgehead atoms. The summed E-state index contributed by atoms with van der Waals surface area (Å²) < 4.78 is 0. The van der Waals surface area contributed by atoms with Crippen LogP contribution < -0.4 is 5.32 Å². The first-order valence-electron chi connectivity index (χ1n) is 6.93. The molecule has 1 aliphatic rings. The fourth-order valence-corrected chi connectivity index (χ4v) is 3.69. The van der Waals surface area contributed by atoms with Crippen molar-refractivity contribution in [1.82, 2.24) is 5.32 Å². The maximum absolute atomic E-state index is 12.3. The van der Waals surface area contributed by atoms with Crippen LogP contribution >= 0.6 is 11.3 Å². The average molecular weight is 276 g/mol. The molecule has 4 heteroatoms. The highest BCUT2D eigenvalue weighted by molar-refractivity contribution is 7.14. The van der Waals surface area contributed by atoms with Gasteiger partial charge in [0.2, 0.25) is 0 Å². The van der Waals surface area contributed by atoms with Crippen LogP contribution in [0.15, 0.2) is 6.07 Å². The topological polar surface area (TPSA) is 52.9 Å². The van der Waals surface area contributed by atoms with Gasteiger partial charge in [0, 0.05) is 4.88 Å². The van der Waals surface area contributed by atoms with Crippen LogP contribution in [0.5, 0.6) is 0 Å². The number of nitriles is 1. The zero-order valence-electron chi connectivity index (χ0n) is 11.6. The monoisotopic (exact) mass is 276 g/mol. The zero-order chi connectivity index (χ0) is 13.9. The maximum atomic E-state index is 12.3. The molecule has 1 fully saturated rings. The number of aryl methyl sites for hydroxylation is 2. The fraction of sp³-hybridized carbons (Fsp3) is 0.600. The van der Waals surface area contributed by atoms with Crippen molar-refractivity contribution in [1.29, 1.82) is 5.26 Å². The lowest BCUT2D eigenvalue weighted by atomic mass is 9.83. The Hall–Kier alpha value is -1.34. The highest BCUT2D eigenvalue weighted by Gasteiger charge is 2.34. The summed E-state index contributed by atoms with van der Waals surface area (Å²) in [4.78, 5) is 14.3. The van der Waals surface area contributed by atoms with Crippen molar-refractivity contribution in [3.05, 3.63) is 21.4 Å². The molecule has 1 N–H and O–H groups in total. The van der Waals surface area contributed by atoms with E-state index in [1.54, 1.807) is 11.3 Å². The molecule has 102 valence electrons. The Kier molecular flexibility index (Phi) is 4.26. The summed E-state index contributed by atoms with van der Waals surface area (Å²) in [7, 11) is 0. The molecule has 0 aliphatic heterocycles. The van der Waals surface area contributed by atoms with Gasteiger partial charge in [0.25, 0.3) is 5.91 Å². The Labute approximate surface area is 118 Å². The van der Waals surface area contributed by atoms with E-state index < -0.39 is 5.54 Å². The number of amides is 1. The van der Waals surface area contributed by atoms with Crippen LogP contribution in [0.3, 0.4) is 0 Å². The van der Waals surface area contributed by atoms with Gasteiger partial charge in [-0.1, -0.05) is 26.2 Å². The van der Waals surface area contributed by atoms with E-state index >= 15 is 0 Å². The molecule has 1 amide bonds. The lowest BCUT2D eigenvalue weighted by Crippen LogP contribution is -2.48. The predicted molar refractivity (Wildman–Crippen MR) is 77.3 cm³/mol. The molecule has 1 saturated carbocycles. The predicted octanol–water partition coefficient (Wildman–Crippen LogP) is 3.58. The number of nitrogens with one attached hydrogen (secondary N) is 1. The summed E-state index contributed by atoms with van der Waals surface area (Å²) in [6.07, 6.45) is 5.72. The van der Waals surface area contributed by atoms with Gasteiger partial charge in [0.05, 0.1) is 10.9 Å². The molecule has 0 atom stereocenters. The normalized spacial score (nSPS) is 17.7. The van der Waals surface area contributed by atoms with E-state index in [1.807, 2.05) is 13.0 Å². The number of rotatable bonds is 3. The van der Waals surface area contributed by atoms with E-state index in [2.05, 4.69) is 18.3 Å². The summed E-state index contributed by atoms with van der Waals surface area (Å²) in [6, 6.07) is 4.26. The number of hydrogen-bond acceptors (Lipinski definition) is 3. The third-order valence-corrected chi connectivity index (χ3v) is 5.22. The number of nitrogens with zero attached hydrogens (tertiary/aromatic N) is 1. The highest BCUT2D eigenvalue weighted by atomic mass is 32.1. The maximum Gasteiger partial charge on any atom is 0.262 e. The van der Waals surface area contributed by atoms with E-state index in [4.69, 9.17) is 0 Å². The molecule has 0 unspecified atom stereocenters. The third-order valence-electron chi connectivity index (χ3n) is 3.84. The Morgan fingerprint density at radius 2 is 2.16 bits per heavy atom. The molecule has 0 saturated heterocycles. The van der Waals surface area contributed by atoms with Crippen LogP contribution in [0, 0.1) is 18.3 Å². The largest absolute Gasteiger partial charge is 0.333 e. The molecule has 1 aromatic rings. The van der Waals surface area contributed by atoms with Crippen molar-refractivity contribution in [2.24, 2.45) is 0 Å². The molecular formula is C15H20N2OS. The summed E-state index contributed by atoms with van der Waals surface area (Å²) >= 11 is 1.54. The standard InChI is InChI=1S/C15H20N2OS/c1-3-12-11(2)9-13(19-12)14(18)17-15(10-16)7-5-4-6-8-15/h9H,3-8H2,1-2H3,(H,17,18). The Bertz CT molecular complexity index is 507. The number of hydrogen-bond donors (Lipinski definition) is 1. The number of carbonyl (C=O) groups is 1. The van der Waals surface area contributed by atoms with Gasteiger partial charge in [0.15, 0.2) is 0 Å². The molecule has 1 aromatic heterocycles. The molecular weight excluding hydrogens is 256 g/mol. The Morgan fingerprint density at radius 1 is 1.47 bits per heavy atom. The van der Waals surface area contributed by atoms with Crippen LogP contribution in [0.25, 0.3) is 0 Å². The molecule has 0 radical (unpaired) electrons. The molecule has 0 spiro atoms. The number of thiophene rings is 1. The molecule has 3 nitrogen and oxygen atoms in total. The van der Waals surface area contributed by atoms with Gasteiger partial charge in [0.1, 0.15) is 5.54 Å². The van der Waals surface area contributed by atoms with Crippen LogP contribution in [0.1, 0.15) is 59.1 Å². The highest BCUT2D eigenvalue weighted by Crippen LogP contribution is 2.29. The van der Waals surface area contributed by atoms with Crippen molar-refractivity contribution < 1.29 is 4.79 Å². The van der Waals surface area contributed by atoms with E-state index in [0.29, 0.717) is 0 Å². The molecule has 19 heavy (non-hydrogen) atoms. The Morgan fingerprint density at radius 3 is 2.68 bits per heavy atom. The SMILES string of the molecule is CCc1sc(C(=O)NC2(C#N)CCCCC2)cc1C. The summed E-state index contributed by atoms with van der Waals surface area (Å²) in [5.41, 5.74) is 0.534. The van der Waals surface area contributed by atoms with Crippen LogP contribution in [0.4, 0.5) is 0 Å². The average Bonchev–Trinajstić information content (AvgIpc) is 2.81. The van der Waals surface area contributed by atoms with Crippen molar-refractivity contribution >= 4 is 17.2 Å². The van der Waals surface area contributed by atoms with Gasteiger partial charge < -0.3 is 5.32 Å². The minimum absolute atomic E-state index is 0.0868. The van der Waals surface area contributed by atoms with Crippen molar-refractivity contribution in [3.63, 3.8) is 0 Å². The fourth-order valence-electron chi connectivity index (χ4n) is 2.68. The summed E-state index contributed by atoms with van der Waals surface area (Å²) in [6.45, 7) is 4.13. The summed E-state index contributed by atoms with van der Waals surface area (Å²) in [5, 5.41) is 12.4. The van der Waals surface area contributed by atoms with E-state index in [1.165, 1.54) is 10.4 Å². The van der Waals surface area contributed by atoms with Crippen LogP contribution in [-0.4, -0.2) is 11.4 Å². The second-order valence-corrected chi connectivity index (χ2v) is 6.42. The Balaban J connectivity index is 2.13. The quantitative estimate of drug-likeness (QED) is 0.917. The van der Waals surface area contributed by atoms with E-state index in [9.17, 15) is 10.1 Å². The van der Waals surface area contributed by atoms with E-state index in [0.717, 1.165) is 43.4 Å². The smallest absolute Gasteiger partial charge is 0.262 e. The van der Waals surface area contributed by atoms with Gasteiger partial charge >= 0.3 is 0 Å². The van der Waals surface area contributed by atoms with Crippen molar-refractivity contribution in [2.75, 3.05) is 0 Å². The lowest BCUT2D eigenvalue weighted by Gasteiger charge is -2.31. The van der Waals surface area contributed by atoms with Crippen LogP contribution in [-0.2, 0) is 6.42 Å². The van der Waals surface area contributed by atoms with Gasteiger partial charge in [-0.05, 0) is 37.8 Å². The minimum atomic E-state index is -0.639. The third kappa shape index (κ3) is 2.98. The van der Waals surface area contributed by atoms with Gasteiger partial charge in [-0.2, -0.15) is 5.26 Å². The molecule has 1 heterocycles. The van der Waals surface area contributed by atoms with Gasteiger partial charge in [-0.15, -0.1) is 11.3 Å². The first kappa shape index (κ1) is 14.1. The molecule has 0 aromatic carbocycles. The van der Waals surface area contributed by atoms with Crippen molar-refractivity contribution in [3.8, 4) is 6.07 Å². The second kappa shape index (κ2) is 5.75. The molecule has 2 rings (SSSR count). The first-order valence-corrected chi connectivity index (χ1v) is 7.75. The number of carbonyl (C=O) groups excluding carboxylic acids is 1. The zero-order valence-corrected chi connectivity index (χ0v) is 12.4. The molecule has 1 aliphatic carbocycles. The second-order valence-electron chi connectivity index (χ2n) is 5.28. The lowest BCUT2D eigenvalue weighted by molar-refractivity contribution is 0.0907. The van der Waals surface area contributed by atoms with E-state index in [-0.39, 0.29) is 5.91 Å².